The molecule has 1 aromatic heterocycles. The van der Waals surface area contributed by atoms with Crippen molar-refractivity contribution in [3.63, 3.8) is 0 Å². The van der Waals surface area contributed by atoms with Gasteiger partial charge in [-0.25, -0.2) is 9.78 Å². The predicted molar refractivity (Wildman–Crippen MR) is 94.2 cm³/mol. The first-order valence-corrected chi connectivity index (χ1v) is 7.87. The minimum absolute atomic E-state index is 0.327. The highest BCUT2D eigenvalue weighted by atomic mass is 35.5. The third-order valence-corrected chi connectivity index (χ3v) is 3.98. The van der Waals surface area contributed by atoms with Gasteiger partial charge in [0.05, 0.1) is 11.9 Å². The number of halogens is 1. The van der Waals surface area contributed by atoms with Crippen LogP contribution in [0.15, 0.2) is 54.7 Å². The van der Waals surface area contributed by atoms with Gasteiger partial charge in [0.1, 0.15) is 5.82 Å². The van der Waals surface area contributed by atoms with Gasteiger partial charge in [0, 0.05) is 23.6 Å². The molecule has 5 nitrogen and oxygen atoms in total. The van der Waals surface area contributed by atoms with E-state index < -0.39 is 6.09 Å². The molecule has 0 spiro atoms. The number of amides is 1. The van der Waals surface area contributed by atoms with E-state index in [0.717, 1.165) is 33.2 Å². The second-order valence-electron chi connectivity index (χ2n) is 5.28. The zero-order chi connectivity index (χ0) is 16.9. The Bertz CT molecular complexity index is 843. The molecule has 0 aliphatic rings. The van der Waals surface area contributed by atoms with Crippen LogP contribution in [0, 0.1) is 0 Å². The van der Waals surface area contributed by atoms with E-state index in [9.17, 15) is 4.79 Å². The molecule has 1 amide bonds. The van der Waals surface area contributed by atoms with Crippen LogP contribution in [-0.2, 0) is 6.42 Å². The molecule has 0 saturated carbocycles. The summed E-state index contributed by atoms with van der Waals surface area (Å²) in [4.78, 5) is 17.9. The van der Waals surface area contributed by atoms with Crippen LogP contribution < -0.4 is 5.32 Å². The summed E-state index contributed by atoms with van der Waals surface area (Å²) < 4.78 is 0. The smallest absolute Gasteiger partial charge is 0.404 e. The molecule has 122 valence electrons. The molecule has 0 aliphatic heterocycles. The van der Waals surface area contributed by atoms with E-state index in [1.165, 1.54) is 0 Å². The minimum Gasteiger partial charge on any atom is -0.465 e. The monoisotopic (exact) mass is 341 g/mol. The summed E-state index contributed by atoms with van der Waals surface area (Å²) in [5.74, 6) is 0.744. The van der Waals surface area contributed by atoms with E-state index in [-0.39, 0.29) is 0 Å². The number of rotatable bonds is 5. The van der Waals surface area contributed by atoms with Gasteiger partial charge < -0.3 is 15.4 Å². The molecule has 3 N–H and O–H groups in total. The van der Waals surface area contributed by atoms with Crippen LogP contribution in [0.3, 0.4) is 0 Å². The van der Waals surface area contributed by atoms with Crippen LogP contribution in [0.2, 0.25) is 5.02 Å². The zero-order valence-electron chi connectivity index (χ0n) is 12.8. The molecule has 0 unspecified atom stereocenters. The summed E-state index contributed by atoms with van der Waals surface area (Å²) >= 11 is 6.23. The molecule has 0 aliphatic carbocycles. The normalized spacial score (nSPS) is 10.5. The highest BCUT2D eigenvalue weighted by Crippen LogP contribution is 2.29. The largest absolute Gasteiger partial charge is 0.465 e. The Hall–Kier alpha value is -2.79. The van der Waals surface area contributed by atoms with E-state index in [4.69, 9.17) is 16.7 Å². The van der Waals surface area contributed by atoms with Gasteiger partial charge in [0.2, 0.25) is 0 Å². The van der Waals surface area contributed by atoms with Gasteiger partial charge in [0.15, 0.2) is 0 Å². The van der Waals surface area contributed by atoms with E-state index >= 15 is 0 Å². The number of nitrogens with zero attached hydrogens (tertiary/aromatic N) is 1. The highest BCUT2D eigenvalue weighted by Gasteiger charge is 2.06. The molecule has 0 saturated heterocycles. The second-order valence-corrected chi connectivity index (χ2v) is 5.69. The Morgan fingerprint density at radius 3 is 2.54 bits per heavy atom. The SMILES string of the molecule is O=C(O)NCCc1ncc(-c2ccc(-c3ccccc3Cl)cc2)[nH]1. The summed E-state index contributed by atoms with van der Waals surface area (Å²) in [5.41, 5.74) is 3.95. The maximum absolute atomic E-state index is 10.4. The number of carboxylic acid groups (broad SMARTS) is 1. The number of nitrogens with one attached hydrogen (secondary N) is 2. The Balaban J connectivity index is 1.73. The van der Waals surface area contributed by atoms with Crippen molar-refractivity contribution in [1.29, 1.82) is 0 Å². The maximum Gasteiger partial charge on any atom is 0.404 e. The van der Waals surface area contributed by atoms with Crippen molar-refractivity contribution in [2.75, 3.05) is 6.54 Å². The molecule has 24 heavy (non-hydrogen) atoms. The summed E-state index contributed by atoms with van der Waals surface area (Å²) in [5, 5.41) is 11.6. The Labute approximate surface area is 144 Å². The van der Waals surface area contributed by atoms with Crippen molar-refractivity contribution in [1.82, 2.24) is 15.3 Å². The molecule has 1 heterocycles. The van der Waals surface area contributed by atoms with E-state index in [1.54, 1.807) is 6.20 Å². The molecule has 0 atom stereocenters. The molecule has 0 fully saturated rings. The minimum atomic E-state index is -1.03. The molecule has 0 bridgehead atoms. The first-order chi connectivity index (χ1) is 11.6. The lowest BCUT2D eigenvalue weighted by molar-refractivity contribution is 0.194. The number of hydrogen-bond donors (Lipinski definition) is 3. The van der Waals surface area contributed by atoms with Crippen LogP contribution in [0.1, 0.15) is 5.82 Å². The van der Waals surface area contributed by atoms with Crippen LogP contribution >= 0.6 is 11.6 Å². The Morgan fingerprint density at radius 2 is 1.83 bits per heavy atom. The average Bonchev–Trinajstić information content (AvgIpc) is 3.04. The van der Waals surface area contributed by atoms with Gasteiger partial charge in [-0.05, 0) is 17.2 Å². The van der Waals surface area contributed by atoms with Crippen LogP contribution in [0.25, 0.3) is 22.4 Å². The van der Waals surface area contributed by atoms with E-state index in [0.29, 0.717) is 13.0 Å². The number of aromatic amines is 1. The third-order valence-electron chi connectivity index (χ3n) is 3.65. The first-order valence-electron chi connectivity index (χ1n) is 7.49. The fraction of sp³-hybridized carbons (Fsp3) is 0.111. The van der Waals surface area contributed by atoms with Crippen molar-refractivity contribution < 1.29 is 9.90 Å². The third kappa shape index (κ3) is 3.75. The van der Waals surface area contributed by atoms with E-state index in [2.05, 4.69) is 15.3 Å². The van der Waals surface area contributed by atoms with Crippen molar-refractivity contribution >= 4 is 17.7 Å². The molecule has 2 aromatic carbocycles. The van der Waals surface area contributed by atoms with Gasteiger partial charge in [0.25, 0.3) is 0 Å². The molecular weight excluding hydrogens is 326 g/mol. The molecule has 0 radical (unpaired) electrons. The van der Waals surface area contributed by atoms with Gasteiger partial charge in [-0.1, -0.05) is 54.1 Å². The van der Waals surface area contributed by atoms with Crippen molar-refractivity contribution in [3.05, 3.63) is 65.6 Å². The topological polar surface area (TPSA) is 78.0 Å². The fourth-order valence-electron chi connectivity index (χ4n) is 2.45. The summed E-state index contributed by atoms with van der Waals surface area (Å²) in [6, 6.07) is 15.8. The summed E-state index contributed by atoms with van der Waals surface area (Å²) in [6.07, 6.45) is 1.24. The number of aromatic nitrogens is 2. The van der Waals surface area contributed by atoms with Gasteiger partial charge >= 0.3 is 6.09 Å². The first kappa shape index (κ1) is 16.1. The lowest BCUT2D eigenvalue weighted by Gasteiger charge is -2.05. The van der Waals surface area contributed by atoms with Crippen molar-refractivity contribution in [2.45, 2.75) is 6.42 Å². The second kappa shape index (κ2) is 7.19. The number of imidazole rings is 1. The predicted octanol–water partition coefficient (Wildman–Crippen LogP) is 4.21. The number of benzene rings is 2. The van der Waals surface area contributed by atoms with Crippen LogP contribution in [0.4, 0.5) is 4.79 Å². The molecule has 6 heteroatoms. The Kier molecular flexibility index (Phi) is 4.82. The molecular formula is C18H16ClN3O2. The fourth-order valence-corrected chi connectivity index (χ4v) is 2.69. The van der Waals surface area contributed by atoms with E-state index in [1.807, 2.05) is 48.5 Å². The van der Waals surface area contributed by atoms with Gasteiger partial charge in [-0.3, -0.25) is 0 Å². The van der Waals surface area contributed by atoms with Crippen molar-refractivity contribution in [3.8, 4) is 22.4 Å². The highest BCUT2D eigenvalue weighted by molar-refractivity contribution is 6.33. The average molecular weight is 342 g/mol. The number of hydrogen-bond acceptors (Lipinski definition) is 2. The quantitative estimate of drug-likeness (QED) is 0.650. The van der Waals surface area contributed by atoms with Crippen LogP contribution in [0.5, 0.6) is 0 Å². The molecule has 3 rings (SSSR count). The standard InChI is InChI=1S/C18H16ClN3O2/c19-15-4-2-1-3-14(15)12-5-7-13(8-6-12)16-11-21-17(22-16)9-10-20-18(23)24/h1-8,11,20H,9-10H2,(H,21,22)(H,23,24). The number of H-pyrrole nitrogens is 1. The maximum atomic E-state index is 10.4. The van der Waals surface area contributed by atoms with Crippen LogP contribution in [-0.4, -0.2) is 27.7 Å². The summed E-state index contributed by atoms with van der Waals surface area (Å²) in [7, 11) is 0. The van der Waals surface area contributed by atoms with Crippen molar-refractivity contribution in [2.24, 2.45) is 0 Å². The molecule has 3 aromatic rings. The zero-order valence-corrected chi connectivity index (χ0v) is 13.5. The number of carbonyl (C=O) groups is 1. The lowest BCUT2D eigenvalue weighted by Crippen LogP contribution is -2.23. The van der Waals surface area contributed by atoms with Gasteiger partial charge in [-0.15, -0.1) is 0 Å². The summed E-state index contributed by atoms with van der Waals surface area (Å²) in [6.45, 7) is 0.327. The lowest BCUT2D eigenvalue weighted by atomic mass is 10.0. The Morgan fingerprint density at radius 1 is 1.12 bits per heavy atom. The van der Waals surface area contributed by atoms with Gasteiger partial charge in [-0.2, -0.15) is 0 Å².